The van der Waals surface area contributed by atoms with Crippen LogP contribution in [0.25, 0.3) is 10.9 Å². The second kappa shape index (κ2) is 8.17. The minimum Gasteiger partial charge on any atom is -0.470 e. The molecule has 2 rings (SSSR count). The monoisotopic (exact) mass is 366 g/mol. The molecule has 0 saturated carbocycles. The Bertz CT molecular complexity index is 907. The van der Waals surface area contributed by atoms with Crippen molar-refractivity contribution in [3.05, 3.63) is 35.5 Å². The summed E-state index contributed by atoms with van der Waals surface area (Å²) in [5.74, 6) is 5.53. The molecule has 0 aliphatic heterocycles. The van der Waals surface area contributed by atoms with Gasteiger partial charge in [0.1, 0.15) is 5.75 Å². The van der Waals surface area contributed by atoms with E-state index >= 15 is 0 Å². The third-order valence-corrected chi connectivity index (χ3v) is 4.53. The molecule has 0 aliphatic rings. The summed E-state index contributed by atoms with van der Waals surface area (Å²) in [4.78, 5) is 16.9. The van der Waals surface area contributed by atoms with E-state index in [0.717, 1.165) is 16.5 Å². The van der Waals surface area contributed by atoms with Crippen molar-refractivity contribution in [1.29, 1.82) is 0 Å². The molecular formula is C21H22N2O2S. The molecular weight excluding hydrogens is 344 g/mol. The van der Waals surface area contributed by atoms with Crippen LogP contribution in [-0.4, -0.2) is 28.1 Å². The molecule has 1 atom stereocenters. The molecule has 0 fully saturated rings. The zero-order valence-electron chi connectivity index (χ0n) is 15.4. The van der Waals surface area contributed by atoms with Crippen LogP contribution in [0.2, 0.25) is 0 Å². The second-order valence-electron chi connectivity index (χ2n) is 6.62. The molecule has 0 spiro atoms. The summed E-state index contributed by atoms with van der Waals surface area (Å²) in [5.41, 5.74) is 1.33. The van der Waals surface area contributed by atoms with Crippen LogP contribution >= 0.6 is 11.8 Å². The molecule has 4 nitrogen and oxygen atoms in total. The van der Waals surface area contributed by atoms with Crippen molar-refractivity contribution in [2.75, 3.05) is 6.26 Å². The molecule has 1 heterocycles. The first-order valence-electron chi connectivity index (χ1n) is 8.11. The van der Waals surface area contributed by atoms with Gasteiger partial charge in [0.2, 0.25) is 5.44 Å². The number of rotatable bonds is 6. The van der Waals surface area contributed by atoms with Crippen LogP contribution in [0.4, 0.5) is 0 Å². The average molecular weight is 366 g/mol. The quantitative estimate of drug-likeness (QED) is 0.628. The minimum absolute atomic E-state index is 0.217. The fourth-order valence-electron chi connectivity index (χ4n) is 2.57. The van der Waals surface area contributed by atoms with Gasteiger partial charge in [-0.3, -0.25) is 9.78 Å². The maximum absolute atomic E-state index is 12.6. The summed E-state index contributed by atoms with van der Waals surface area (Å²) >= 11 is 1.32. The van der Waals surface area contributed by atoms with Gasteiger partial charge in [-0.2, -0.15) is 0 Å². The first kappa shape index (κ1) is 19.7. The largest absolute Gasteiger partial charge is 0.470 e. The van der Waals surface area contributed by atoms with Crippen LogP contribution in [0.3, 0.4) is 0 Å². The van der Waals surface area contributed by atoms with E-state index in [9.17, 15) is 4.79 Å². The topological polar surface area (TPSA) is 51.2 Å². The number of carbonyl (C=O) groups is 1. The second-order valence-corrected chi connectivity index (χ2v) is 7.52. The molecule has 0 bridgehead atoms. The SMILES string of the molecule is C#CCC(C)(C)NC(=O)C(Oc1cc(C)c2ncc(C#C)cc2c1)SC. The normalized spacial score (nSPS) is 12.1. The van der Waals surface area contributed by atoms with Gasteiger partial charge in [0, 0.05) is 29.1 Å². The summed E-state index contributed by atoms with van der Waals surface area (Å²) in [5, 5.41) is 3.81. The summed E-state index contributed by atoms with van der Waals surface area (Å²) in [6, 6.07) is 5.60. The molecule has 0 radical (unpaired) electrons. The van der Waals surface area contributed by atoms with Crippen molar-refractivity contribution in [2.24, 2.45) is 0 Å². The van der Waals surface area contributed by atoms with Gasteiger partial charge in [0.15, 0.2) is 0 Å². The maximum Gasteiger partial charge on any atom is 0.272 e. The highest BCUT2D eigenvalue weighted by Crippen LogP contribution is 2.26. The number of hydrogen-bond acceptors (Lipinski definition) is 4. The van der Waals surface area contributed by atoms with Gasteiger partial charge in [0.25, 0.3) is 5.91 Å². The fraction of sp³-hybridized carbons (Fsp3) is 0.333. The van der Waals surface area contributed by atoms with Crippen molar-refractivity contribution in [3.8, 4) is 30.4 Å². The van der Waals surface area contributed by atoms with E-state index in [1.54, 1.807) is 6.20 Å². The minimum atomic E-state index is -0.687. The Labute approximate surface area is 159 Å². The van der Waals surface area contributed by atoms with Gasteiger partial charge in [-0.05, 0) is 50.8 Å². The first-order chi connectivity index (χ1) is 12.3. The molecule has 1 amide bonds. The van der Waals surface area contributed by atoms with E-state index in [0.29, 0.717) is 17.7 Å². The molecule has 2 aromatic rings. The average Bonchev–Trinajstić information content (AvgIpc) is 2.58. The Morgan fingerprint density at radius 1 is 1.38 bits per heavy atom. The predicted molar refractivity (Wildman–Crippen MR) is 108 cm³/mol. The number of pyridine rings is 1. The number of carbonyl (C=O) groups excluding carboxylic acids is 1. The zero-order valence-corrected chi connectivity index (χ0v) is 16.2. The molecule has 0 saturated heterocycles. The van der Waals surface area contributed by atoms with Crippen molar-refractivity contribution >= 4 is 28.6 Å². The fourth-order valence-corrected chi connectivity index (χ4v) is 3.05. The number of fused-ring (bicyclic) bond motifs is 1. The molecule has 1 aromatic heterocycles. The Morgan fingerprint density at radius 2 is 2.12 bits per heavy atom. The Hall–Kier alpha value is -2.63. The van der Waals surface area contributed by atoms with Gasteiger partial charge >= 0.3 is 0 Å². The molecule has 26 heavy (non-hydrogen) atoms. The van der Waals surface area contributed by atoms with E-state index < -0.39 is 11.0 Å². The molecule has 5 heteroatoms. The Morgan fingerprint density at radius 3 is 2.73 bits per heavy atom. The lowest BCUT2D eigenvalue weighted by Crippen LogP contribution is -2.48. The van der Waals surface area contributed by atoms with Gasteiger partial charge in [-0.25, -0.2) is 0 Å². The van der Waals surface area contributed by atoms with E-state index in [4.69, 9.17) is 17.6 Å². The molecule has 1 unspecified atom stereocenters. The van der Waals surface area contributed by atoms with Crippen LogP contribution in [0, 0.1) is 31.6 Å². The van der Waals surface area contributed by atoms with Crippen LogP contribution in [-0.2, 0) is 4.79 Å². The highest BCUT2D eigenvalue weighted by molar-refractivity contribution is 7.99. The number of ether oxygens (including phenoxy) is 1. The lowest BCUT2D eigenvalue weighted by Gasteiger charge is -2.26. The lowest BCUT2D eigenvalue weighted by molar-refractivity contribution is -0.126. The number of thioether (sulfide) groups is 1. The summed E-state index contributed by atoms with van der Waals surface area (Å²) < 4.78 is 5.93. The van der Waals surface area contributed by atoms with Crippen LogP contribution in [0.15, 0.2) is 24.4 Å². The first-order valence-corrected chi connectivity index (χ1v) is 9.40. The smallest absolute Gasteiger partial charge is 0.272 e. The van der Waals surface area contributed by atoms with E-state index in [1.165, 1.54) is 11.8 Å². The van der Waals surface area contributed by atoms with E-state index in [2.05, 4.69) is 22.1 Å². The van der Waals surface area contributed by atoms with Crippen molar-refractivity contribution in [2.45, 2.75) is 38.2 Å². The van der Waals surface area contributed by atoms with E-state index in [-0.39, 0.29) is 5.91 Å². The molecule has 0 aliphatic carbocycles. The summed E-state index contributed by atoms with van der Waals surface area (Å²) in [6.45, 7) is 5.71. The molecule has 1 N–H and O–H groups in total. The van der Waals surface area contributed by atoms with Gasteiger partial charge in [0.05, 0.1) is 5.52 Å². The van der Waals surface area contributed by atoms with Gasteiger partial charge in [-0.1, -0.05) is 5.92 Å². The number of benzene rings is 1. The van der Waals surface area contributed by atoms with Crippen LogP contribution < -0.4 is 10.1 Å². The summed E-state index contributed by atoms with van der Waals surface area (Å²) in [7, 11) is 0. The lowest BCUT2D eigenvalue weighted by atomic mass is 10.0. The van der Waals surface area contributed by atoms with Crippen molar-refractivity contribution in [1.82, 2.24) is 10.3 Å². The zero-order chi connectivity index (χ0) is 19.3. The number of aromatic nitrogens is 1. The standard InChI is InChI=1S/C21H22N2O2S/c1-7-9-21(4,5)23-19(24)20(26-6)25-17-10-14(3)18-16(12-17)11-15(8-2)13-22-18/h1-2,10-13,20H,9H2,3-6H3,(H,23,24). The summed E-state index contributed by atoms with van der Waals surface area (Å²) in [6.07, 6.45) is 14.7. The molecule has 1 aromatic carbocycles. The number of amides is 1. The molecule has 134 valence electrons. The van der Waals surface area contributed by atoms with Crippen molar-refractivity contribution < 1.29 is 9.53 Å². The number of hydrogen-bond donors (Lipinski definition) is 1. The van der Waals surface area contributed by atoms with Crippen LogP contribution in [0.1, 0.15) is 31.4 Å². The van der Waals surface area contributed by atoms with Gasteiger partial charge in [-0.15, -0.1) is 30.5 Å². The van der Waals surface area contributed by atoms with E-state index in [1.807, 2.05) is 45.2 Å². The number of nitrogens with zero attached hydrogens (tertiary/aromatic N) is 1. The number of terminal acetylenes is 2. The van der Waals surface area contributed by atoms with Gasteiger partial charge < -0.3 is 10.1 Å². The Balaban J connectivity index is 2.26. The predicted octanol–water partition coefficient (Wildman–Crippen LogP) is 3.51. The number of nitrogens with one attached hydrogen (secondary N) is 1. The van der Waals surface area contributed by atoms with Crippen LogP contribution in [0.5, 0.6) is 5.75 Å². The third kappa shape index (κ3) is 4.71. The van der Waals surface area contributed by atoms with Crippen molar-refractivity contribution in [3.63, 3.8) is 0 Å². The highest BCUT2D eigenvalue weighted by Gasteiger charge is 2.26. The Kier molecular flexibility index (Phi) is 6.18. The third-order valence-electron chi connectivity index (χ3n) is 3.79. The highest BCUT2D eigenvalue weighted by atomic mass is 32.2. The number of aryl methyl sites for hydroxylation is 1. The maximum atomic E-state index is 12.6.